The minimum absolute atomic E-state index is 0.0897. The molecule has 0 saturated carbocycles. The highest BCUT2D eigenvalue weighted by Crippen LogP contribution is 2.32. The van der Waals surface area contributed by atoms with Gasteiger partial charge in [0.15, 0.2) is 0 Å². The van der Waals surface area contributed by atoms with Crippen LogP contribution in [0.15, 0.2) is 29.4 Å². The summed E-state index contributed by atoms with van der Waals surface area (Å²) in [5.41, 5.74) is 1.36. The van der Waals surface area contributed by atoms with Crippen molar-refractivity contribution in [3.8, 4) is 0 Å². The maximum absolute atomic E-state index is 13.0. The molecule has 3 heterocycles. The van der Waals surface area contributed by atoms with Crippen molar-refractivity contribution in [2.45, 2.75) is 50.0 Å². The van der Waals surface area contributed by atoms with Crippen LogP contribution in [0, 0.1) is 0 Å². The fourth-order valence-electron chi connectivity index (χ4n) is 3.56. The van der Waals surface area contributed by atoms with Gasteiger partial charge in [-0.05, 0) is 42.3 Å². The van der Waals surface area contributed by atoms with Crippen molar-refractivity contribution in [3.05, 3.63) is 24.3 Å². The predicted molar refractivity (Wildman–Crippen MR) is 104 cm³/mol. The molecule has 2 aliphatic heterocycles. The predicted octanol–water partition coefficient (Wildman–Crippen LogP) is 1.71. The molecule has 0 spiro atoms. The molecule has 148 valence electrons. The molecule has 0 unspecified atom stereocenters. The molecule has 2 aromatic rings. The van der Waals surface area contributed by atoms with E-state index in [1.54, 1.807) is 15.6 Å². The minimum atomic E-state index is -0.236. The fraction of sp³-hybridized carbons (Fsp3) is 0.500. The van der Waals surface area contributed by atoms with Crippen LogP contribution in [0.4, 0.5) is 11.4 Å². The van der Waals surface area contributed by atoms with E-state index in [0.717, 1.165) is 19.4 Å². The molecular weight excluding hydrogens is 380 g/mol. The number of hydrogen-bond acceptors (Lipinski definition) is 7. The number of aromatic nitrogens is 4. The molecule has 28 heavy (non-hydrogen) atoms. The van der Waals surface area contributed by atoms with Gasteiger partial charge in [-0.2, -0.15) is 0 Å². The van der Waals surface area contributed by atoms with Crippen LogP contribution in [0.3, 0.4) is 0 Å². The number of benzene rings is 1. The second kappa shape index (κ2) is 8.27. The lowest BCUT2D eigenvalue weighted by atomic mass is 10.2. The van der Waals surface area contributed by atoms with Crippen LogP contribution in [0.2, 0.25) is 0 Å². The Morgan fingerprint density at radius 3 is 3.07 bits per heavy atom. The van der Waals surface area contributed by atoms with Crippen molar-refractivity contribution in [2.75, 3.05) is 22.6 Å². The second-order valence-corrected chi connectivity index (χ2v) is 7.89. The first-order valence-electron chi connectivity index (χ1n) is 9.33. The molecule has 9 nitrogen and oxygen atoms in total. The summed E-state index contributed by atoms with van der Waals surface area (Å²) in [4.78, 5) is 26.8. The van der Waals surface area contributed by atoms with E-state index in [9.17, 15) is 9.59 Å². The zero-order chi connectivity index (χ0) is 19.5. The van der Waals surface area contributed by atoms with Crippen molar-refractivity contribution in [1.29, 1.82) is 0 Å². The summed E-state index contributed by atoms with van der Waals surface area (Å²) in [6, 6.07) is 7.12. The van der Waals surface area contributed by atoms with Gasteiger partial charge >= 0.3 is 0 Å². The second-order valence-electron chi connectivity index (χ2n) is 6.95. The van der Waals surface area contributed by atoms with E-state index in [0.29, 0.717) is 23.1 Å². The summed E-state index contributed by atoms with van der Waals surface area (Å²) < 4.78 is 7.33. The van der Waals surface area contributed by atoms with Crippen molar-refractivity contribution < 1.29 is 14.3 Å². The SMILES string of the molecule is C[C@H]1CC(=O)Nc2ccccc2N1C(=O)CSc1nnnn1C[C@@H]1CCCO1. The number of ether oxygens (including phenoxy) is 1. The van der Waals surface area contributed by atoms with E-state index in [1.807, 2.05) is 25.1 Å². The highest BCUT2D eigenvalue weighted by molar-refractivity contribution is 7.99. The van der Waals surface area contributed by atoms with Gasteiger partial charge in [0, 0.05) is 19.1 Å². The number of carbonyl (C=O) groups excluding carboxylic acids is 2. The van der Waals surface area contributed by atoms with Gasteiger partial charge in [0.05, 0.1) is 29.8 Å². The van der Waals surface area contributed by atoms with E-state index < -0.39 is 0 Å². The molecule has 0 bridgehead atoms. The van der Waals surface area contributed by atoms with Crippen molar-refractivity contribution in [3.63, 3.8) is 0 Å². The minimum Gasteiger partial charge on any atom is -0.376 e. The summed E-state index contributed by atoms with van der Waals surface area (Å²) in [5.74, 6) is -0.00444. The van der Waals surface area contributed by atoms with E-state index in [4.69, 9.17) is 4.74 Å². The van der Waals surface area contributed by atoms with E-state index in [1.165, 1.54) is 11.8 Å². The smallest absolute Gasteiger partial charge is 0.237 e. The first kappa shape index (κ1) is 18.9. The first-order chi connectivity index (χ1) is 13.6. The van der Waals surface area contributed by atoms with E-state index in [2.05, 4.69) is 20.8 Å². The van der Waals surface area contributed by atoms with Crippen molar-refractivity contribution in [2.24, 2.45) is 0 Å². The van der Waals surface area contributed by atoms with Crippen LogP contribution in [0.5, 0.6) is 0 Å². The third-order valence-electron chi connectivity index (χ3n) is 4.85. The summed E-state index contributed by atoms with van der Waals surface area (Å²) in [7, 11) is 0. The molecule has 1 aromatic heterocycles. The number of tetrazole rings is 1. The Morgan fingerprint density at radius 1 is 1.39 bits per heavy atom. The lowest BCUT2D eigenvalue weighted by molar-refractivity contribution is -0.117. The molecule has 1 saturated heterocycles. The molecular formula is C18H22N6O3S. The third kappa shape index (κ3) is 4.02. The molecule has 1 fully saturated rings. The Morgan fingerprint density at radius 2 is 2.25 bits per heavy atom. The molecule has 4 rings (SSSR count). The maximum atomic E-state index is 13.0. The van der Waals surface area contributed by atoms with Crippen LogP contribution >= 0.6 is 11.8 Å². The van der Waals surface area contributed by atoms with Gasteiger partial charge in [-0.25, -0.2) is 4.68 Å². The number of anilines is 2. The molecule has 2 atom stereocenters. The number of amides is 2. The van der Waals surface area contributed by atoms with Gasteiger partial charge in [-0.1, -0.05) is 23.9 Å². The Bertz CT molecular complexity index is 867. The largest absolute Gasteiger partial charge is 0.376 e. The summed E-state index contributed by atoms with van der Waals surface area (Å²) in [6.45, 7) is 3.24. The van der Waals surface area contributed by atoms with Gasteiger partial charge in [-0.3, -0.25) is 9.59 Å². The van der Waals surface area contributed by atoms with Gasteiger partial charge in [0.25, 0.3) is 0 Å². The number of hydrogen-bond donors (Lipinski definition) is 1. The Balaban J connectivity index is 1.46. The third-order valence-corrected chi connectivity index (χ3v) is 5.79. The number of thioether (sulfide) groups is 1. The van der Waals surface area contributed by atoms with Gasteiger partial charge in [0.2, 0.25) is 17.0 Å². The van der Waals surface area contributed by atoms with E-state index in [-0.39, 0.29) is 36.1 Å². The molecule has 1 N–H and O–H groups in total. The van der Waals surface area contributed by atoms with Crippen LogP contribution < -0.4 is 10.2 Å². The average Bonchev–Trinajstić information content (AvgIpc) is 3.31. The molecule has 2 amide bonds. The zero-order valence-corrected chi connectivity index (χ0v) is 16.4. The van der Waals surface area contributed by atoms with Gasteiger partial charge in [0.1, 0.15) is 0 Å². The number of carbonyl (C=O) groups is 2. The topological polar surface area (TPSA) is 102 Å². The monoisotopic (exact) mass is 402 g/mol. The normalized spacial score (nSPS) is 21.9. The van der Waals surface area contributed by atoms with Crippen LogP contribution in [0.1, 0.15) is 26.2 Å². The lowest BCUT2D eigenvalue weighted by Crippen LogP contribution is -2.40. The summed E-state index contributed by atoms with van der Waals surface area (Å²) in [5, 5.41) is 15.3. The lowest BCUT2D eigenvalue weighted by Gasteiger charge is -2.27. The van der Waals surface area contributed by atoms with Crippen LogP contribution in [0.25, 0.3) is 0 Å². The summed E-state index contributed by atoms with van der Waals surface area (Å²) >= 11 is 1.30. The van der Waals surface area contributed by atoms with Crippen molar-refractivity contribution >= 4 is 35.0 Å². The zero-order valence-electron chi connectivity index (χ0n) is 15.6. The van der Waals surface area contributed by atoms with Crippen LogP contribution in [-0.2, 0) is 20.9 Å². The highest BCUT2D eigenvalue weighted by Gasteiger charge is 2.30. The number of para-hydroxylation sites is 2. The van der Waals surface area contributed by atoms with E-state index >= 15 is 0 Å². The van der Waals surface area contributed by atoms with Crippen LogP contribution in [-0.4, -0.2) is 56.5 Å². The Labute approximate surface area is 166 Å². The quantitative estimate of drug-likeness (QED) is 0.760. The molecule has 0 aliphatic carbocycles. The highest BCUT2D eigenvalue weighted by atomic mass is 32.2. The Hall–Kier alpha value is -2.46. The van der Waals surface area contributed by atoms with Gasteiger partial charge in [-0.15, -0.1) is 5.10 Å². The molecule has 2 aliphatic rings. The number of nitrogens with zero attached hydrogens (tertiary/aromatic N) is 5. The molecule has 1 aromatic carbocycles. The number of rotatable bonds is 5. The standard InChI is InChI=1S/C18H22N6O3S/c1-12-9-16(25)19-14-6-2-3-7-15(14)24(12)17(26)11-28-18-20-21-22-23(18)10-13-5-4-8-27-13/h2-3,6-7,12-13H,4-5,8-11H2,1H3,(H,19,25)/t12-,13-/m0/s1. The Kier molecular flexibility index (Phi) is 5.58. The molecule has 0 radical (unpaired) electrons. The fourth-order valence-corrected chi connectivity index (χ4v) is 4.31. The van der Waals surface area contributed by atoms with Crippen molar-refractivity contribution in [1.82, 2.24) is 20.2 Å². The first-order valence-corrected chi connectivity index (χ1v) is 10.3. The average molecular weight is 402 g/mol. The molecule has 10 heteroatoms. The van der Waals surface area contributed by atoms with Gasteiger partial charge < -0.3 is 15.0 Å². The summed E-state index contributed by atoms with van der Waals surface area (Å²) in [6.07, 6.45) is 2.41. The number of nitrogens with one attached hydrogen (secondary N) is 1. The number of fused-ring (bicyclic) bond motifs is 1. The maximum Gasteiger partial charge on any atom is 0.237 e.